The van der Waals surface area contributed by atoms with Crippen LogP contribution in [0.4, 0.5) is 0 Å². The number of phosphoric ester groups is 1. The molecular formula is C18H18BrO8P-2. The maximum absolute atomic E-state index is 11.0. The minimum absolute atomic E-state index is 0.0764. The highest BCUT2D eigenvalue weighted by Gasteiger charge is 2.14. The number of hydrogen-bond acceptors (Lipinski definition) is 8. The molecule has 0 aliphatic heterocycles. The van der Waals surface area contributed by atoms with Crippen molar-refractivity contribution in [1.29, 1.82) is 0 Å². The Morgan fingerprint density at radius 1 is 1.07 bits per heavy atom. The van der Waals surface area contributed by atoms with E-state index in [1.54, 1.807) is 30.4 Å². The number of halogens is 1. The molecule has 0 unspecified atom stereocenters. The van der Waals surface area contributed by atoms with E-state index in [0.29, 0.717) is 28.0 Å². The van der Waals surface area contributed by atoms with E-state index in [9.17, 15) is 24.6 Å². The number of hydrogen-bond donors (Lipinski definition) is 2. The van der Waals surface area contributed by atoms with Crippen molar-refractivity contribution in [3.8, 4) is 17.2 Å². The van der Waals surface area contributed by atoms with Gasteiger partial charge < -0.3 is 38.6 Å². The summed E-state index contributed by atoms with van der Waals surface area (Å²) in [7, 11) is -2.51. The SMILES string of the molecule is COc1cc(/C=C\c2ccc(OC)c(OP(=O)([O-])[O-])c2Br)cc(CO)c1CO. The molecule has 0 saturated heterocycles. The van der Waals surface area contributed by atoms with Crippen LogP contribution in [-0.2, 0) is 17.8 Å². The quantitative estimate of drug-likeness (QED) is 0.439. The lowest BCUT2D eigenvalue weighted by Crippen LogP contribution is -2.19. The van der Waals surface area contributed by atoms with Crippen molar-refractivity contribution < 1.29 is 38.6 Å². The van der Waals surface area contributed by atoms with Crippen LogP contribution in [0.2, 0.25) is 0 Å². The third-order valence-corrected chi connectivity index (χ3v) is 5.07. The van der Waals surface area contributed by atoms with Gasteiger partial charge in [0, 0.05) is 5.56 Å². The van der Waals surface area contributed by atoms with Crippen LogP contribution in [0, 0.1) is 0 Å². The zero-order valence-corrected chi connectivity index (χ0v) is 17.5. The molecule has 10 heteroatoms. The second-order valence-corrected chi connectivity index (χ2v) is 7.42. The van der Waals surface area contributed by atoms with E-state index >= 15 is 0 Å². The van der Waals surface area contributed by atoms with Crippen LogP contribution in [0.15, 0.2) is 28.7 Å². The Morgan fingerprint density at radius 3 is 2.29 bits per heavy atom. The monoisotopic (exact) mass is 472 g/mol. The number of phosphoric acid groups is 1. The van der Waals surface area contributed by atoms with Gasteiger partial charge in [-0.3, -0.25) is 0 Å². The van der Waals surface area contributed by atoms with Crippen LogP contribution in [0.1, 0.15) is 22.3 Å². The molecule has 28 heavy (non-hydrogen) atoms. The van der Waals surface area contributed by atoms with E-state index in [4.69, 9.17) is 9.47 Å². The molecule has 152 valence electrons. The second kappa shape index (κ2) is 9.56. The van der Waals surface area contributed by atoms with Crippen molar-refractivity contribution in [2.24, 2.45) is 0 Å². The molecule has 2 N–H and O–H groups in total. The molecule has 8 nitrogen and oxygen atoms in total. The van der Waals surface area contributed by atoms with Crippen LogP contribution < -0.4 is 23.8 Å². The summed E-state index contributed by atoms with van der Waals surface area (Å²) in [5.41, 5.74) is 2.18. The van der Waals surface area contributed by atoms with E-state index in [1.165, 1.54) is 20.3 Å². The molecule has 0 radical (unpaired) electrons. The van der Waals surface area contributed by atoms with Crippen molar-refractivity contribution in [3.05, 3.63) is 51.0 Å². The lowest BCUT2D eigenvalue weighted by molar-refractivity contribution is -0.333. The normalized spacial score (nSPS) is 11.7. The lowest BCUT2D eigenvalue weighted by Gasteiger charge is -2.30. The Morgan fingerprint density at radius 2 is 1.75 bits per heavy atom. The fourth-order valence-corrected chi connectivity index (χ4v) is 3.62. The molecular weight excluding hydrogens is 455 g/mol. The molecule has 0 saturated carbocycles. The first-order chi connectivity index (χ1) is 13.2. The number of aliphatic hydroxyl groups is 2. The topological polar surface area (TPSA) is 131 Å². The largest absolute Gasteiger partial charge is 0.780 e. The summed E-state index contributed by atoms with van der Waals surface area (Å²) in [6.07, 6.45) is 3.33. The minimum Gasteiger partial charge on any atom is -0.780 e. The third kappa shape index (κ3) is 5.35. The summed E-state index contributed by atoms with van der Waals surface area (Å²) in [5, 5.41) is 19.0. The van der Waals surface area contributed by atoms with E-state index < -0.39 is 7.82 Å². The highest BCUT2D eigenvalue weighted by Crippen LogP contribution is 2.44. The average Bonchev–Trinajstić information content (AvgIpc) is 2.66. The smallest absolute Gasteiger partial charge is 0.180 e. The van der Waals surface area contributed by atoms with Crippen LogP contribution in [0.3, 0.4) is 0 Å². The van der Waals surface area contributed by atoms with E-state index in [0.717, 1.165) is 0 Å². The summed E-state index contributed by atoms with van der Waals surface area (Å²) in [4.78, 5) is 22.0. The Bertz CT molecular complexity index is 897. The first-order valence-corrected chi connectivity index (χ1v) is 10.2. The zero-order valence-electron chi connectivity index (χ0n) is 15.0. The highest BCUT2D eigenvalue weighted by atomic mass is 79.9. The summed E-state index contributed by atoms with van der Waals surface area (Å²) >= 11 is 3.23. The third-order valence-electron chi connectivity index (χ3n) is 3.84. The van der Waals surface area contributed by atoms with Gasteiger partial charge in [-0.1, -0.05) is 12.2 Å². The average molecular weight is 473 g/mol. The molecule has 2 rings (SSSR count). The molecule has 0 fully saturated rings. The van der Waals surface area contributed by atoms with E-state index in [1.807, 2.05) is 0 Å². The predicted octanol–water partition coefficient (Wildman–Crippen LogP) is 1.83. The Hall–Kier alpha value is -1.87. The van der Waals surface area contributed by atoms with Gasteiger partial charge in [-0.05, 0) is 56.9 Å². The number of aliphatic hydroxyl groups excluding tert-OH is 2. The Kier molecular flexibility index (Phi) is 7.65. The molecule has 2 aromatic carbocycles. The van der Waals surface area contributed by atoms with E-state index in [-0.39, 0.29) is 29.2 Å². The van der Waals surface area contributed by atoms with Crippen LogP contribution in [0.5, 0.6) is 17.2 Å². The van der Waals surface area contributed by atoms with Gasteiger partial charge in [-0.2, -0.15) is 0 Å². The molecule has 0 aromatic heterocycles. The van der Waals surface area contributed by atoms with Gasteiger partial charge in [0.05, 0.1) is 31.9 Å². The van der Waals surface area contributed by atoms with Gasteiger partial charge in [-0.15, -0.1) is 0 Å². The maximum atomic E-state index is 11.0. The maximum Gasteiger partial charge on any atom is 0.180 e. The molecule has 0 amide bonds. The first kappa shape index (κ1) is 22.4. The summed E-state index contributed by atoms with van der Waals surface area (Å²) < 4.78 is 26.0. The van der Waals surface area contributed by atoms with Crippen molar-refractivity contribution in [2.75, 3.05) is 14.2 Å². The van der Waals surface area contributed by atoms with Gasteiger partial charge in [0.1, 0.15) is 13.6 Å². The first-order valence-electron chi connectivity index (χ1n) is 7.91. The molecule has 0 spiro atoms. The van der Waals surface area contributed by atoms with E-state index in [2.05, 4.69) is 20.5 Å². The molecule has 0 aliphatic carbocycles. The van der Waals surface area contributed by atoms with Gasteiger partial charge in [0.15, 0.2) is 11.5 Å². The lowest BCUT2D eigenvalue weighted by atomic mass is 10.0. The zero-order chi connectivity index (χ0) is 20.9. The highest BCUT2D eigenvalue weighted by molar-refractivity contribution is 9.10. The Balaban J connectivity index is 2.47. The fourth-order valence-electron chi connectivity index (χ4n) is 2.55. The molecule has 2 aromatic rings. The van der Waals surface area contributed by atoms with Crippen LogP contribution in [-0.4, -0.2) is 24.4 Å². The van der Waals surface area contributed by atoms with Crippen LogP contribution in [0.25, 0.3) is 12.2 Å². The van der Waals surface area contributed by atoms with Gasteiger partial charge in [-0.25, -0.2) is 0 Å². The number of benzene rings is 2. The Labute approximate surface area is 170 Å². The van der Waals surface area contributed by atoms with Gasteiger partial charge >= 0.3 is 0 Å². The summed E-state index contributed by atoms with van der Waals surface area (Å²) in [6.45, 7) is -0.557. The van der Waals surface area contributed by atoms with Crippen molar-refractivity contribution >= 4 is 35.9 Å². The summed E-state index contributed by atoms with van der Waals surface area (Å²) in [6, 6.07) is 6.46. The van der Waals surface area contributed by atoms with Crippen molar-refractivity contribution in [2.45, 2.75) is 13.2 Å². The van der Waals surface area contributed by atoms with Crippen molar-refractivity contribution in [1.82, 2.24) is 0 Å². The van der Waals surface area contributed by atoms with Gasteiger partial charge in [0.2, 0.25) is 0 Å². The molecule has 0 aliphatic rings. The molecule has 0 heterocycles. The molecule has 0 atom stereocenters. The van der Waals surface area contributed by atoms with Crippen molar-refractivity contribution in [3.63, 3.8) is 0 Å². The minimum atomic E-state index is -5.28. The fraction of sp³-hybridized carbons (Fsp3) is 0.222. The standard InChI is InChI=1S/C18H20BrO8P/c1-25-15-6-5-12(17(19)18(15)27-28(22,23)24)4-3-11-7-13(9-20)14(10-21)16(8-11)26-2/h3-8,20-21H,9-10H2,1-2H3,(H2,22,23,24)/p-2/b4-3-. The number of ether oxygens (including phenoxy) is 2. The summed E-state index contributed by atoms with van der Waals surface area (Å²) in [5.74, 6) is 0.250. The molecule has 0 bridgehead atoms. The predicted molar refractivity (Wildman–Crippen MR) is 103 cm³/mol. The van der Waals surface area contributed by atoms with Gasteiger partial charge in [0.25, 0.3) is 0 Å². The second-order valence-electron chi connectivity index (χ2n) is 5.55. The number of methoxy groups -OCH3 is 2. The number of rotatable bonds is 8. The van der Waals surface area contributed by atoms with Crippen LogP contribution >= 0.6 is 23.8 Å².